The van der Waals surface area contributed by atoms with Gasteiger partial charge in [0.15, 0.2) is 0 Å². The monoisotopic (exact) mass is 192 g/mol. The molecule has 2 nitrogen and oxygen atoms in total. The van der Waals surface area contributed by atoms with E-state index in [2.05, 4.69) is 26.8 Å². The van der Waals surface area contributed by atoms with Crippen molar-refractivity contribution in [3.63, 3.8) is 0 Å². The van der Waals surface area contributed by atoms with Gasteiger partial charge in [0.2, 0.25) is 0 Å². The van der Waals surface area contributed by atoms with Crippen LogP contribution in [0.2, 0.25) is 0 Å². The van der Waals surface area contributed by atoms with Gasteiger partial charge in [-0.2, -0.15) is 0 Å². The maximum absolute atomic E-state index is 7.12. The normalized spacial score (nSPS) is 10.4. The van der Waals surface area contributed by atoms with E-state index in [4.69, 9.17) is 10.0 Å². The lowest BCUT2D eigenvalue weighted by atomic mass is 10.2. The molecule has 2 rings (SSSR count). The van der Waals surface area contributed by atoms with Crippen molar-refractivity contribution in [2.24, 2.45) is 0 Å². The molecule has 0 heterocycles. The minimum Gasteiger partial charge on any atom is -0.430 e. The summed E-state index contributed by atoms with van der Waals surface area (Å²) < 4.78 is 0. The van der Waals surface area contributed by atoms with E-state index in [1.54, 1.807) is 22.3 Å². The molecule has 0 amide bonds. The molecule has 0 aliphatic heterocycles. The van der Waals surface area contributed by atoms with Crippen LogP contribution in [0.3, 0.4) is 0 Å². The second-order valence-corrected chi connectivity index (χ2v) is 3.43. The molecule has 76 valence electrons. The third kappa shape index (κ3) is 1.84. The van der Waals surface area contributed by atoms with Gasteiger partial charge < -0.3 is 10.0 Å². The van der Waals surface area contributed by atoms with Gasteiger partial charge in [0.25, 0.3) is 0 Å². The number of aryl methyl sites for hydroxylation is 3. The van der Waals surface area contributed by atoms with Gasteiger partial charge in [0.1, 0.15) is 0 Å². The first kappa shape index (κ1) is 11.3. The van der Waals surface area contributed by atoms with E-state index in [9.17, 15) is 0 Å². The minimum atomic E-state index is -0.750. The molecule has 0 spiro atoms. The molecule has 3 heteroatoms. The van der Waals surface area contributed by atoms with Crippen molar-refractivity contribution in [1.29, 1.82) is 0 Å². The Labute approximate surface area is 85.9 Å². The van der Waals surface area contributed by atoms with Crippen LogP contribution in [0.1, 0.15) is 30.5 Å². The molecular formula is C11H17BO2. The molecule has 0 aromatic rings. The highest BCUT2D eigenvalue weighted by Gasteiger charge is 2.28. The Kier molecular flexibility index (Phi) is 3.73. The first-order chi connectivity index (χ1) is 6.71. The van der Waals surface area contributed by atoms with Crippen LogP contribution in [-0.2, 0) is 12.8 Å². The van der Waals surface area contributed by atoms with Crippen LogP contribution in [0.15, 0.2) is 6.07 Å². The van der Waals surface area contributed by atoms with Crippen molar-refractivity contribution in [2.75, 3.05) is 0 Å². The van der Waals surface area contributed by atoms with Gasteiger partial charge in [-0.15, -0.1) is 0 Å². The smallest absolute Gasteiger partial charge is 0.430 e. The number of hydrogen-bond donors (Lipinski definition) is 2. The van der Waals surface area contributed by atoms with E-state index in [-0.39, 0.29) is 0 Å². The Hall–Kier alpha value is -0.795. The molecule has 0 radical (unpaired) electrons. The van der Waals surface area contributed by atoms with Gasteiger partial charge in [-0.3, -0.25) is 0 Å². The topological polar surface area (TPSA) is 40.5 Å². The Balaban J connectivity index is 0.000000293. The summed E-state index contributed by atoms with van der Waals surface area (Å²) in [5.74, 6) is 0. The van der Waals surface area contributed by atoms with Crippen molar-refractivity contribution in [1.82, 2.24) is 0 Å². The first-order valence-electron chi connectivity index (χ1n) is 5.08. The molecule has 2 N–H and O–H groups in total. The molecule has 0 atom stereocenters. The number of hydrogen-bond acceptors (Lipinski definition) is 2. The van der Waals surface area contributed by atoms with E-state index in [0.717, 1.165) is 0 Å². The molecule has 0 fully saturated rings. The summed E-state index contributed by atoms with van der Waals surface area (Å²) in [6, 6.07) is 2.34. The van der Waals surface area contributed by atoms with Crippen LogP contribution in [0.25, 0.3) is 11.1 Å². The molecule has 2 aliphatic carbocycles. The lowest BCUT2D eigenvalue weighted by Gasteiger charge is -1.87. The molecular weight excluding hydrogens is 175 g/mol. The maximum Gasteiger partial charge on any atom is 0.432 e. The van der Waals surface area contributed by atoms with E-state index >= 15 is 0 Å². The van der Waals surface area contributed by atoms with Crippen molar-refractivity contribution in [2.45, 2.75) is 33.6 Å². The summed E-state index contributed by atoms with van der Waals surface area (Å²) in [5, 5.41) is 14.2. The second kappa shape index (κ2) is 4.62. The average Bonchev–Trinajstić information content (AvgIpc) is 2.81. The molecule has 0 saturated heterocycles. The summed E-state index contributed by atoms with van der Waals surface area (Å²) in [7, 11) is -0.750. The molecule has 0 unspecified atom stereocenters. The summed E-state index contributed by atoms with van der Waals surface area (Å²) >= 11 is 0. The lowest BCUT2D eigenvalue weighted by Crippen LogP contribution is -1.75. The zero-order valence-corrected chi connectivity index (χ0v) is 9.09. The standard InChI is InChI=1S/C11H14.BH3O2/c1-4-8-6-7(3)10-9(5-2)11(8)10;2-1-3/h6H,4-5H2,1-3H3;1-3H. The quantitative estimate of drug-likeness (QED) is 0.704. The third-order valence-electron chi connectivity index (χ3n) is 2.63. The van der Waals surface area contributed by atoms with Crippen molar-refractivity contribution < 1.29 is 10.0 Å². The van der Waals surface area contributed by atoms with Crippen LogP contribution in [0, 0.1) is 6.92 Å². The maximum atomic E-state index is 7.12. The van der Waals surface area contributed by atoms with Crippen LogP contribution in [0.4, 0.5) is 0 Å². The molecule has 0 aromatic carbocycles. The summed E-state index contributed by atoms with van der Waals surface area (Å²) in [4.78, 5) is 0. The van der Waals surface area contributed by atoms with E-state index in [0.29, 0.717) is 0 Å². The Morgan fingerprint density at radius 2 is 1.71 bits per heavy atom. The largest absolute Gasteiger partial charge is 0.432 e. The van der Waals surface area contributed by atoms with Crippen LogP contribution < -0.4 is 0 Å². The zero-order chi connectivity index (χ0) is 10.7. The highest BCUT2D eigenvalue weighted by molar-refractivity contribution is 6.13. The minimum absolute atomic E-state index is 0.750. The number of fused-ring (bicyclic) bond motifs is 1. The molecule has 14 heavy (non-hydrogen) atoms. The third-order valence-corrected chi connectivity index (χ3v) is 2.63. The fraction of sp³-hybridized carbons (Fsp3) is 0.455. The van der Waals surface area contributed by atoms with Crippen molar-refractivity contribution in [3.05, 3.63) is 22.8 Å². The average molecular weight is 192 g/mol. The highest BCUT2D eigenvalue weighted by atomic mass is 16.4. The number of rotatable bonds is 2. The summed E-state index contributed by atoms with van der Waals surface area (Å²) in [6.07, 6.45) is 2.42. The van der Waals surface area contributed by atoms with Gasteiger partial charge in [0.05, 0.1) is 0 Å². The highest BCUT2D eigenvalue weighted by Crippen LogP contribution is 2.49. The zero-order valence-electron chi connectivity index (χ0n) is 9.09. The van der Waals surface area contributed by atoms with Crippen LogP contribution >= 0.6 is 0 Å². The second-order valence-electron chi connectivity index (χ2n) is 3.43. The van der Waals surface area contributed by atoms with Gasteiger partial charge in [-0.05, 0) is 47.6 Å². The van der Waals surface area contributed by atoms with Crippen molar-refractivity contribution in [3.8, 4) is 11.1 Å². The summed E-state index contributed by atoms with van der Waals surface area (Å²) in [5.41, 5.74) is 7.88. The molecule has 0 aromatic heterocycles. The SMILES string of the molecule is CCc1cc(C)c2c(CC)c1-2.OBO. The van der Waals surface area contributed by atoms with Crippen LogP contribution in [0.5, 0.6) is 0 Å². The Morgan fingerprint density at radius 1 is 1.14 bits per heavy atom. The summed E-state index contributed by atoms with van der Waals surface area (Å²) in [6.45, 7) is 6.70. The van der Waals surface area contributed by atoms with Crippen LogP contribution in [-0.4, -0.2) is 17.7 Å². The van der Waals surface area contributed by atoms with Gasteiger partial charge in [-0.1, -0.05) is 19.9 Å². The van der Waals surface area contributed by atoms with Gasteiger partial charge in [0, 0.05) is 0 Å². The lowest BCUT2D eigenvalue weighted by molar-refractivity contribution is 0.448. The van der Waals surface area contributed by atoms with E-state index < -0.39 is 7.69 Å². The van der Waals surface area contributed by atoms with Crippen molar-refractivity contribution >= 4 is 7.69 Å². The predicted molar refractivity (Wildman–Crippen MR) is 60.5 cm³/mol. The number of benzene rings is 1. The molecule has 2 aliphatic rings. The van der Waals surface area contributed by atoms with E-state index in [1.165, 1.54) is 18.4 Å². The molecule has 0 bridgehead atoms. The predicted octanol–water partition coefficient (Wildman–Crippen LogP) is 1.34. The van der Waals surface area contributed by atoms with E-state index in [1.807, 2.05) is 0 Å². The fourth-order valence-corrected chi connectivity index (χ4v) is 2.05. The van der Waals surface area contributed by atoms with Gasteiger partial charge >= 0.3 is 7.69 Å². The molecule has 0 saturated carbocycles. The fourth-order valence-electron chi connectivity index (χ4n) is 2.05. The Bertz CT molecular complexity index is 335. The first-order valence-corrected chi connectivity index (χ1v) is 5.08. The van der Waals surface area contributed by atoms with Gasteiger partial charge in [-0.25, -0.2) is 0 Å². The Morgan fingerprint density at radius 3 is 2.07 bits per heavy atom.